The maximum atomic E-state index is 12.1. The van der Waals surface area contributed by atoms with Gasteiger partial charge in [0, 0.05) is 26.7 Å². The van der Waals surface area contributed by atoms with E-state index in [2.05, 4.69) is 25.7 Å². The third-order valence-electron chi connectivity index (χ3n) is 3.10. The molecular weight excluding hydrogens is 377 g/mol. The number of alkyl halides is 3. The number of hydrogen-bond donors (Lipinski definition) is 3. The van der Waals surface area contributed by atoms with Gasteiger partial charge in [-0.05, 0) is 38.5 Å². The standard InChI is InChI=1S/C18H27F3N4O3/c1-17(2,3)28-16(26)24-10-9-23-15(22-4)25-11-13-5-7-14(8-6-13)27-12-18(19,20)21/h5-8H,9-12H2,1-4H3,(H,24,26)(H2,22,23,25). The number of ether oxygens (including phenoxy) is 2. The number of aliphatic imine (C=N–C) groups is 1. The van der Waals surface area contributed by atoms with E-state index in [4.69, 9.17) is 4.74 Å². The molecule has 1 aromatic carbocycles. The summed E-state index contributed by atoms with van der Waals surface area (Å²) >= 11 is 0. The number of benzene rings is 1. The van der Waals surface area contributed by atoms with Crippen molar-refractivity contribution >= 4 is 12.1 Å². The monoisotopic (exact) mass is 404 g/mol. The van der Waals surface area contributed by atoms with Gasteiger partial charge in [-0.1, -0.05) is 12.1 Å². The molecule has 1 rings (SSSR count). The zero-order chi connectivity index (χ0) is 21.2. The molecule has 0 saturated heterocycles. The fourth-order valence-electron chi connectivity index (χ4n) is 1.93. The van der Waals surface area contributed by atoms with Crippen LogP contribution in [0.2, 0.25) is 0 Å². The molecule has 0 aliphatic carbocycles. The second-order valence-corrected chi connectivity index (χ2v) is 6.83. The van der Waals surface area contributed by atoms with Gasteiger partial charge in [-0.15, -0.1) is 0 Å². The Balaban J connectivity index is 2.31. The Hall–Kier alpha value is -2.65. The fourth-order valence-corrected chi connectivity index (χ4v) is 1.93. The quantitative estimate of drug-likeness (QED) is 0.370. The van der Waals surface area contributed by atoms with Crippen LogP contribution < -0.4 is 20.7 Å². The molecule has 0 aromatic heterocycles. The van der Waals surface area contributed by atoms with E-state index in [0.717, 1.165) is 5.56 Å². The molecule has 0 spiro atoms. The lowest BCUT2D eigenvalue weighted by Gasteiger charge is -2.20. The van der Waals surface area contributed by atoms with Crippen molar-refractivity contribution in [1.82, 2.24) is 16.0 Å². The van der Waals surface area contributed by atoms with E-state index < -0.39 is 24.5 Å². The van der Waals surface area contributed by atoms with Gasteiger partial charge in [0.25, 0.3) is 0 Å². The number of carbonyl (C=O) groups is 1. The molecule has 1 aromatic rings. The maximum absolute atomic E-state index is 12.1. The van der Waals surface area contributed by atoms with Crippen LogP contribution in [0.25, 0.3) is 0 Å². The number of nitrogens with one attached hydrogen (secondary N) is 3. The Labute approximate surface area is 162 Å². The summed E-state index contributed by atoms with van der Waals surface area (Å²) in [6.45, 7) is 5.23. The zero-order valence-corrected chi connectivity index (χ0v) is 16.4. The van der Waals surface area contributed by atoms with E-state index in [1.807, 2.05) is 0 Å². The first kappa shape index (κ1) is 23.4. The lowest BCUT2D eigenvalue weighted by atomic mass is 10.2. The van der Waals surface area contributed by atoms with Crippen molar-refractivity contribution in [2.45, 2.75) is 39.1 Å². The van der Waals surface area contributed by atoms with Crippen LogP contribution in [0.1, 0.15) is 26.3 Å². The molecule has 0 saturated carbocycles. The van der Waals surface area contributed by atoms with Gasteiger partial charge in [0.2, 0.25) is 0 Å². The van der Waals surface area contributed by atoms with Crippen molar-refractivity contribution in [2.24, 2.45) is 4.99 Å². The second kappa shape index (κ2) is 10.6. The first-order chi connectivity index (χ1) is 13.0. The summed E-state index contributed by atoms with van der Waals surface area (Å²) in [6.07, 6.45) is -4.86. The summed E-state index contributed by atoms with van der Waals surface area (Å²) in [6, 6.07) is 6.28. The van der Waals surface area contributed by atoms with Crippen molar-refractivity contribution < 1.29 is 27.4 Å². The highest BCUT2D eigenvalue weighted by Crippen LogP contribution is 2.18. The van der Waals surface area contributed by atoms with E-state index in [9.17, 15) is 18.0 Å². The maximum Gasteiger partial charge on any atom is 0.422 e. The average molecular weight is 404 g/mol. The van der Waals surface area contributed by atoms with Crippen LogP contribution >= 0.6 is 0 Å². The minimum Gasteiger partial charge on any atom is -0.484 e. The summed E-state index contributed by atoms with van der Waals surface area (Å²) in [7, 11) is 1.60. The first-order valence-corrected chi connectivity index (χ1v) is 8.68. The van der Waals surface area contributed by atoms with Crippen molar-refractivity contribution in [2.75, 3.05) is 26.7 Å². The van der Waals surface area contributed by atoms with E-state index >= 15 is 0 Å². The summed E-state index contributed by atoms with van der Waals surface area (Å²) in [5.74, 6) is 0.667. The molecule has 3 N–H and O–H groups in total. The lowest BCUT2D eigenvalue weighted by molar-refractivity contribution is -0.153. The summed E-state index contributed by atoms with van der Waals surface area (Å²) < 4.78 is 46.2. The summed E-state index contributed by atoms with van der Waals surface area (Å²) in [5, 5.41) is 8.71. The number of halogens is 3. The Bertz CT molecular complexity index is 641. The Morgan fingerprint density at radius 2 is 1.64 bits per heavy atom. The molecule has 10 heteroatoms. The summed E-state index contributed by atoms with van der Waals surface area (Å²) in [5.41, 5.74) is 0.289. The number of guanidine groups is 1. The van der Waals surface area contributed by atoms with Crippen molar-refractivity contribution in [3.63, 3.8) is 0 Å². The van der Waals surface area contributed by atoms with E-state index in [1.165, 1.54) is 12.1 Å². The van der Waals surface area contributed by atoms with E-state index in [-0.39, 0.29) is 5.75 Å². The van der Waals surface area contributed by atoms with Gasteiger partial charge < -0.3 is 25.4 Å². The number of rotatable bonds is 7. The molecule has 0 radical (unpaired) electrons. The topological polar surface area (TPSA) is 84.0 Å². The second-order valence-electron chi connectivity index (χ2n) is 6.83. The van der Waals surface area contributed by atoms with Gasteiger partial charge in [0.15, 0.2) is 12.6 Å². The molecule has 0 aliphatic heterocycles. The highest BCUT2D eigenvalue weighted by atomic mass is 19.4. The molecule has 1 amide bonds. The van der Waals surface area contributed by atoms with Crippen LogP contribution in [0, 0.1) is 0 Å². The molecule has 0 bridgehead atoms. The molecule has 0 aliphatic rings. The highest BCUT2D eigenvalue weighted by Gasteiger charge is 2.28. The van der Waals surface area contributed by atoms with Gasteiger partial charge in [0.05, 0.1) is 0 Å². The Morgan fingerprint density at radius 1 is 1.04 bits per heavy atom. The van der Waals surface area contributed by atoms with Crippen LogP contribution in [-0.2, 0) is 11.3 Å². The smallest absolute Gasteiger partial charge is 0.422 e. The number of alkyl carbamates (subject to hydrolysis) is 1. The van der Waals surface area contributed by atoms with Gasteiger partial charge in [-0.3, -0.25) is 4.99 Å². The first-order valence-electron chi connectivity index (χ1n) is 8.68. The minimum absolute atomic E-state index is 0.150. The molecule has 0 atom stereocenters. The van der Waals surface area contributed by atoms with Crippen LogP contribution in [0.3, 0.4) is 0 Å². The average Bonchev–Trinajstić information content (AvgIpc) is 2.58. The number of nitrogens with zero attached hydrogens (tertiary/aromatic N) is 1. The van der Waals surface area contributed by atoms with Crippen LogP contribution in [0.15, 0.2) is 29.3 Å². The van der Waals surface area contributed by atoms with E-state index in [0.29, 0.717) is 25.6 Å². The lowest BCUT2D eigenvalue weighted by Crippen LogP contribution is -2.42. The predicted octanol–water partition coefficient (Wildman–Crippen LogP) is 2.82. The molecule has 7 nitrogen and oxygen atoms in total. The van der Waals surface area contributed by atoms with E-state index in [1.54, 1.807) is 40.0 Å². The van der Waals surface area contributed by atoms with Gasteiger partial charge >= 0.3 is 12.3 Å². The van der Waals surface area contributed by atoms with Crippen molar-refractivity contribution in [3.05, 3.63) is 29.8 Å². The minimum atomic E-state index is -4.36. The van der Waals surface area contributed by atoms with Crippen molar-refractivity contribution in [1.29, 1.82) is 0 Å². The normalized spacial score (nSPS) is 12.3. The Morgan fingerprint density at radius 3 is 2.18 bits per heavy atom. The van der Waals surface area contributed by atoms with Gasteiger partial charge in [-0.25, -0.2) is 4.79 Å². The molecule has 158 valence electrons. The van der Waals surface area contributed by atoms with Crippen LogP contribution in [0.5, 0.6) is 5.75 Å². The molecule has 0 heterocycles. The largest absolute Gasteiger partial charge is 0.484 e. The number of carbonyl (C=O) groups excluding carboxylic acids is 1. The SMILES string of the molecule is CN=C(NCCNC(=O)OC(C)(C)C)NCc1ccc(OCC(F)(F)F)cc1. The Kier molecular flexibility index (Phi) is 8.87. The van der Waals surface area contributed by atoms with Crippen molar-refractivity contribution in [3.8, 4) is 5.75 Å². The predicted molar refractivity (Wildman–Crippen MR) is 100 cm³/mol. The molecular formula is C18H27F3N4O3. The fraction of sp³-hybridized carbons (Fsp3) is 0.556. The molecule has 0 unspecified atom stereocenters. The molecule has 0 fully saturated rings. The van der Waals surface area contributed by atoms with Gasteiger partial charge in [0.1, 0.15) is 11.4 Å². The van der Waals surface area contributed by atoms with Crippen LogP contribution in [0.4, 0.5) is 18.0 Å². The molecule has 28 heavy (non-hydrogen) atoms. The zero-order valence-electron chi connectivity index (χ0n) is 16.4. The third-order valence-corrected chi connectivity index (χ3v) is 3.10. The third kappa shape index (κ3) is 11.1. The number of hydrogen-bond acceptors (Lipinski definition) is 4. The van der Waals surface area contributed by atoms with Gasteiger partial charge in [-0.2, -0.15) is 13.2 Å². The number of amides is 1. The highest BCUT2D eigenvalue weighted by molar-refractivity contribution is 5.79. The summed E-state index contributed by atoms with van der Waals surface area (Å²) in [4.78, 5) is 15.6. The van der Waals surface area contributed by atoms with Crippen LogP contribution in [-0.4, -0.2) is 50.6 Å².